The Bertz CT molecular complexity index is 757. The van der Waals surface area contributed by atoms with Gasteiger partial charge in [0, 0.05) is 0 Å². The van der Waals surface area contributed by atoms with Crippen molar-refractivity contribution < 1.29 is 8.78 Å². The highest BCUT2D eigenvalue weighted by Gasteiger charge is 2.05. The molecular weight excluding hydrogens is 266 g/mol. The van der Waals surface area contributed by atoms with Gasteiger partial charge in [-0.3, -0.25) is 0 Å². The van der Waals surface area contributed by atoms with Crippen LogP contribution in [0.25, 0.3) is 22.3 Å². The molecular formula is C19H14F2. The predicted octanol–water partition coefficient (Wildman–Crippen LogP) is 5.61. The molecule has 0 N–H and O–H groups in total. The molecule has 0 fully saturated rings. The van der Waals surface area contributed by atoms with Crippen LogP contribution in [-0.2, 0) is 0 Å². The maximum atomic E-state index is 13.3. The van der Waals surface area contributed by atoms with Gasteiger partial charge in [-0.2, -0.15) is 0 Å². The van der Waals surface area contributed by atoms with E-state index in [1.807, 2.05) is 24.3 Å². The van der Waals surface area contributed by atoms with Crippen LogP contribution in [0.4, 0.5) is 8.78 Å². The van der Waals surface area contributed by atoms with E-state index in [-0.39, 0.29) is 0 Å². The molecule has 0 saturated carbocycles. The summed E-state index contributed by atoms with van der Waals surface area (Å²) in [5.41, 5.74) is 4.99. The summed E-state index contributed by atoms with van der Waals surface area (Å²) in [5, 5.41) is 0. The molecule has 3 rings (SSSR count). The van der Waals surface area contributed by atoms with Gasteiger partial charge in [0.2, 0.25) is 0 Å². The van der Waals surface area contributed by atoms with Crippen LogP contribution in [0.15, 0.2) is 66.7 Å². The molecule has 0 spiro atoms. The van der Waals surface area contributed by atoms with E-state index in [0.717, 1.165) is 22.8 Å². The normalized spacial score (nSPS) is 10.6. The Morgan fingerprint density at radius 2 is 0.952 bits per heavy atom. The molecule has 0 aliphatic heterocycles. The standard InChI is InChI=1S/C19H14F2/c1-13-2-4-14(5-3-13)15-6-8-16(9-7-15)17-10-11-18(20)19(21)12-17/h2-12H,1H3. The molecule has 21 heavy (non-hydrogen) atoms. The SMILES string of the molecule is Cc1ccc(-c2ccc(-c3ccc(F)c(F)c3)cc2)cc1. The van der Waals surface area contributed by atoms with E-state index < -0.39 is 11.6 Å². The summed E-state index contributed by atoms with van der Waals surface area (Å²) in [6, 6.07) is 20.0. The molecule has 104 valence electrons. The second-order valence-corrected chi connectivity index (χ2v) is 5.07. The van der Waals surface area contributed by atoms with Gasteiger partial charge >= 0.3 is 0 Å². The average molecular weight is 280 g/mol. The van der Waals surface area contributed by atoms with E-state index >= 15 is 0 Å². The Balaban J connectivity index is 1.93. The predicted molar refractivity (Wildman–Crippen MR) is 82.0 cm³/mol. The van der Waals surface area contributed by atoms with Crippen molar-refractivity contribution in [3.8, 4) is 22.3 Å². The van der Waals surface area contributed by atoms with Crippen molar-refractivity contribution in [2.45, 2.75) is 6.92 Å². The molecule has 0 aliphatic carbocycles. The summed E-state index contributed by atoms with van der Waals surface area (Å²) in [5.74, 6) is -1.65. The first-order chi connectivity index (χ1) is 10.1. The number of benzene rings is 3. The molecule has 2 heteroatoms. The maximum Gasteiger partial charge on any atom is 0.159 e. The zero-order chi connectivity index (χ0) is 14.8. The molecule has 3 aromatic rings. The van der Waals surface area contributed by atoms with Crippen molar-refractivity contribution in [2.24, 2.45) is 0 Å². The van der Waals surface area contributed by atoms with E-state index in [0.29, 0.717) is 5.56 Å². The van der Waals surface area contributed by atoms with Crippen molar-refractivity contribution in [3.05, 3.63) is 83.9 Å². The van der Waals surface area contributed by atoms with Gasteiger partial charge in [0.15, 0.2) is 11.6 Å². The third-order valence-corrected chi connectivity index (χ3v) is 3.52. The molecule has 0 radical (unpaired) electrons. The Morgan fingerprint density at radius 3 is 1.48 bits per heavy atom. The van der Waals surface area contributed by atoms with Crippen molar-refractivity contribution in [1.82, 2.24) is 0 Å². The van der Waals surface area contributed by atoms with Crippen LogP contribution in [-0.4, -0.2) is 0 Å². The maximum absolute atomic E-state index is 13.3. The molecule has 0 aliphatic rings. The Kier molecular flexibility index (Phi) is 3.53. The van der Waals surface area contributed by atoms with Crippen LogP contribution in [0, 0.1) is 18.6 Å². The molecule has 0 atom stereocenters. The Morgan fingerprint density at radius 1 is 0.524 bits per heavy atom. The first-order valence-electron chi connectivity index (χ1n) is 6.76. The second-order valence-electron chi connectivity index (χ2n) is 5.07. The molecule has 3 aromatic carbocycles. The van der Waals surface area contributed by atoms with E-state index in [2.05, 4.69) is 31.2 Å². The summed E-state index contributed by atoms with van der Waals surface area (Å²) in [6.07, 6.45) is 0. The van der Waals surface area contributed by atoms with Gasteiger partial charge in [-0.25, -0.2) is 8.78 Å². The van der Waals surface area contributed by atoms with Crippen molar-refractivity contribution in [1.29, 1.82) is 0 Å². The highest BCUT2D eigenvalue weighted by atomic mass is 19.2. The largest absolute Gasteiger partial charge is 0.204 e. The minimum Gasteiger partial charge on any atom is -0.204 e. The fraction of sp³-hybridized carbons (Fsp3) is 0.0526. The Labute approximate surface area is 122 Å². The van der Waals surface area contributed by atoms with Gasteiger partial charge < -0.3 is 0 Å². The van der Waals surface area contributed by atoms with E-state index in [4.69, 9.17) is 0 Å². The number of halogens is 2. The minimum atomic E-state index is -0.824. The third kappa shape index (κ3) is 2.84. The van der Waals surface area contributed by atoms with Crippen molar-refractivity contribution in [2.75, 3.05) is 0 Å². The van der Waals surface area contributed by atoms with Crippen LogP contribution in [0.3, 0.4) is 0 Å². The van der Waals surface area contributed by atoms with Crippen molar-refractivity contribution >= 4 is 0 Å². The molecule has 0 saturated heterocycles. The highest BCUT2D eigenvalue weighted by molar-refractivity contribution is 5.70. The monoisotopic (exact) mass is 280 g/mol. The number of hydrogen-bond acceptors (Lipinski definition) is 0. The number of rotatable bonds is 2. The van der Waals surface area contributed by atoms with Gasteiger partial charge in [0.1, 0.15) is 0 Å². The number of hydrogen-bond donors (Lipinski definition) is 0. The number of aryl methyl sites for hydroxylation is 1. The lowest BCUT2D eigenvalue weighted by molar-refractivity contribution is 0.509. The van der Waals surface area contributed by atoms with E-state index in [1.54, 1.807) is 6.07 Å². The lowest BCUT2D eigenvalue weighted by Crippen LogP contribution is -1.85. The van der Waals surface area contributed by atoms with E-state index in [1.165, 1.54) is 11.6 Å². The fourth-order valence-corrected chi connectivity index (χ4v) is 2.28. The zero-order valence-corrected chi connectivity index (χ0v) is 11.6. The zero-order valence-electron chi connectivity index (χ0n) is 11.6. The van der Waals surface area contributed by atoms with E-state index in [9.17, 15) is 8.78 Å². The first-order valence-corrected chi connectivity index (χ1v) is 6.76. The smallest absolute Gasteiger partial charge is 0.159 e. The van der Waals surface area contributed by atoms with Crippen LogP contribution < -0.4 is 0 Å². The summed E-state index contributed by atoms with van der Waals surface area (Å²) >= 11 is 0. The minimum absolute atomic E-state index is 0.671. The lowest BCUT2D eigenvalue weighted by Gasteiger charge is -2.06. The van der Waals surface area contributed by atoms with Gasteiger partial charge in [0.05, 0.1) is 0 Å². The second kappa shape index (κ2) is 5.49. The summed E-state index contributed by atoms with van der Waals surface area (Å²) in [4.78, 5) is 0. The van der Waals surface area contributed by atoms with Gasteiger partial charge in [0.25, 0.3) is 0 Å². The highest BCUT2D eigenvalue weighted by Crippen LogP contribution is 2.26. The topological polar surface area (TPSA) is 0 Å². The summed E-state index contributed by atoms with van der Waals surface area (Å²) < 4.78 is 26.2. The fourth-order valence-electron chi connectivity index (χ4n) is 2.28. The molecule has 0 bridgehead atoms. The third-order valence-electron chi connectivity index (χ3n) is 3.52. The van der Waals surface area contributed by atoms with Gasteiger partial charge in [-0.15, -0.1) is 0 Å². The van der Waals surface area contributed by atoms with Crippen LogP contribution >= 0.6 is 0 Å². The van der Waals surface area contributed by atoms with Crippen LogP contribution in [0.2, 0.25) is 0 Å². The molecule has 0 heterocycles. The Hall–Kier alpha value is -2.48. The van der Waals surface area contributed by atoms with Crippen LogP contribution in [0.1, 0.15) is 5.56 Å². The van der Waals surface area contributed by atoms with Gasteiger partial charge in [-0.05, 0) is 41.3 Å². The van der Waals surface area contributed by atoms with Gasteiger partial charge in [-0.1, -0.05) is 60.2 Å². The summed E-state index contributed by atoms with van der Waals surface area (Å²) in [7, 11) is 0. The van der Waals surface area contributed by atoms with Crippen molar-refractivity contribution in [3.63, 3.8) is 0 Å². The average Bonchev–Trinajstić information content (AvgIpc) is 2.51. The molecule has 0 unspecified atom stereocenters. The van der Waals surface area contributed by atoms with Crippen LogP contribution in [0.5, 0.6) is 0 Å². The molecule has 0 amide bonds. The molecule has 0 aromatic heterocycles. The molecule has 0 nitrogen and oxygen atoms in total. The quantitative estimate of drug-likeness (QED) is 0.572. The summed E-state index contributed by atoms with van der Waals surface area (Å²) in [6.45, 7) is 2.05. The lowest BCUT2D eigenvalue weighted by atomic mass is 10.00. The first kappa shape index (κ1) is 13.5.